The summed E-state index contributed by atoms with van der Waals surface area (Å²) in [6.45, 7) is 2.31. The van der Waals surface area contributed by atoms with Crippen LogP contribution in [0.4, 0.5) is 0 Å². The van der Waals surface area contributed by atoms with Gasteiger partial charge in [-0.1, -0.05) is 145 Å². The van der Waals surface area contributed by atoms with E-state index >= 15 is 0 Å². The number of aryl methyl sites for hydroxylation is 1. The summed E-state index contributed by atoms with van der Waals surface area (Å²) in [7, 11) is 0. The summed E-state index contributed by atoms with van der Waals surface area (Å²) in [5, 5.41) is 9.68. The molecule has 11 rings (SSSR count). The van der Waals surface area contributed by atoms with Crippen molar-refractivity contribution in [1.82, 2.24) is 0 Å². The molecule has 4 unspecified atom stereocenters. The lowest BCUT2D eigenvalue weighted by atomic mass is 9.64. The normalized spacial score (nSPS) is 23.6. The Morgan fingerprint density at radius 1 is 0.617 bits per heavy atom. The van der Waals surface area contributed by atoms with Gasteiger partial charge in [0, 0.05) is 23.7 Å². The van der Waals surface area contributed by atoms with Crippen LogP contribution in [0.1, 0.15) is 52.5 Å². The Kier molecular flexibility index (Phi) is 5.20. The molecule has 0 fully saturated rings. The van der Waals surface area contributed by atoms with E-state index in [9.17, 15) is 0 Å². The van der Waals surface area contributed by atoms with E-state index in [0.717, 1.165) is 12.8 Å². The van der Waals surface area contributed by atoms with Crippen LogP contribution in [0, 0.1) is 18.8 Å². The number of hydrogen-bond acceptors (Lipinski definition) is 0. The SMILES string of the molecule is Cc1ccccc1C1=C2CCC=CC2C(c2cccc3ccccc23)C2=C1C1C=Cc3c4c(c5cccc6cccc3c65)=CC=C2C41. The minimum atomic E-state index is 0.277. The van der Waals surface area contributed by atoms with Crippen molar-refractivity contribution >= 4 is 50.0 Å². The van der Waals surface area contributed by atoms with Gasteiger partial charge in [0.05, 0.1) is 0 Å². The van der Waals surface area contributed by atoms with Crippen molar-refractivity contribution in [3.8, 4) is 0 Å². The van der Waals surface area contributed by atoms with Gasteiger partial charge in [0.25, 0.3) is 0 Å². The van der Waals surface area contributed by atoms with Gasteiger partial charge in [-0.15, -0.1) is 0 Å². The largest absolute Gasteiger partial charge is 0.0876 e. The van der Waals surface area contributed by atoms with Gasteiger partial charge in [0.2, 0.25) is 0 Å². The maximum Gasteiger partial charge on any atom is 0.0209 e. The van der Waals surface area contributed by atoms with Gasteiger partial charge in [0.1, 0.15) is 0 Å². The van der Waals surface area contributed by atoms with E-state index in [4.69, 9.17) is 0 Å². The summed E-state index contributed by atoms with van der Waals surface area (Å²) in [6, 6.07) is 38.9. The van der Waals surface area contributed by atoms with Crippen molar-refractivity contribution in [3.63, 3.8) is 0 Å². The number of rotatable bonds is 2. The fourth-order valence-electron chi connectivity index (χ4n) is 10.3. The van der Waals surface area contributed by atoms with Crippen LogP contribution in [0.25, 0.3) is 50.0 Å². The maximum absolute atomic E-state index is 2.59. The zero-order valence-electron chi connectivity index (χ0n) is 26.5. The highest BCUT2D eigenvalue weighted by molar-refractivity contribution is 6.14. The van der Waals surface area contributed by atoms with Crippen LogP contribution in [0.5, 0.6) is 0 Å². The molecule has 6 aromatic carbocycles. The first-order valence-corrected chi connectivity index (χ1v) is 17.3. The third-order valence-corrected chi connectivity index (χ3v) is 12.1. The minimum Gasteiger partial charge on any atom is -0.0876 e. The number of benzene rings is 6. The molecule has 5 aliphatic carbocycles. The quantitative estimate of drug-likeness (QED) is 0.174. The Morgan fingerprint density at radius 3 is 2.30 bits per heavy atom. The highest BCUT2D eigenvalue weighted by atomic mass is 14.5. The molecule has 0 nitrogen and oxygen atoms in total. The van der Waals surface area contributed by atoms with Gasteiger partial charge >= 0.3 is 0 Å². The predicted molar refractivity (Wildman–Crippen MR) is 198 cm³/mol. The zero-order valence-corrected chi connectivity index (χ0v) is 26.5. The van der Waals surface area contributed by atoms with Crippen LogP contribution in [-0.2, 0) is 0 Å². The average Bonchev–Trinajstić information content (AvgIpc) is 3.46. The zero-order chi connectivity index (χ0) is 30.8. The number of hydrogen-bond donors (Lipinski definition) is 0. The molecule has 0 spiro atoms. The second-order valence-corrected chi connectivity index (χ2v) is 14.2. The Hall–Kier alpha value is -5.20. The first-order chi connectivity index (χ1) is 23.3. The Morgan fingerprint density at radius 2 is 1.38 bits per heavy atom. The molecule has 0 saturated heterocycles. The average molecular weight is 599 g/mol. The van der Waals surface area contributed by atoms with E-state index in [2.05, 4.69) is 147 Å². The Labute approximate surface area is 275 Å². The van der Waals surface area contributed by atoms with Gasteiger partial charge < -0.3 is 0 Å². The van der Waals surface area contributed by atoms with E-state index in [1.807, 2.05) is 0 Å². The fraction of sp³-hybridized carbons (Fsp3) is 0.149. The van der Waals surface area contributed by atoms with E-state index in [1.165, 1.54) is 65.4 Å². The lowest BCUT2D eigenvalue weighted by molar-refractivity contribution is 0.595. The van der Waals surface area contributed by atoms with E-state index in [1.54, 1.807) is 27.9 Å². The summed E-state index contributed by atoms with van der Waals surface area (Å²) in [4.78, 5) is 0. The summed E-state index contributed by atoms with van der Waals surface area (Å²) < 4.78 is 0. The van der Waals surface area contributed by atoms with Crippen molar-refractivity contribution in [3.05, 3.63) is 183 Å². The first kappa shape index (κ1) is 25.9. The van der Waals surface area contributed by atoms with Crippen LogP contribution in [0.15, 0.2) is 150 Å². The molecule has 4 atom stereocenters. The second-order valence-electron chi connectivity index (χ2n) is 14.2. The molecule has 0 amide bonds. The van der Waals surface area contributed by atoms with Crippen molar-refractivity contribution in [1.29, 1.82) is 0 Å². The molecule has 47 heavy (non-hydrogen) atoms. The van der Waals surface area contributed by atoms with Crippen LogP contribution in [-0.4, -0.2) is 0 Å². The lowest BCUT2D eigenvalue weighted by Gasteiger charge is -2.40. The van der Waals surface area contributed by atoms with Crippen molar-refractivity contribution in [2.75, 3.05) is 0 Å². The molecule has 5 aliphatic rings. The Bertz CT molecular complexity index is 2590. The van der Waals surface area contributed by atoms with Crippen molar-refractivity contribution < 1.29 is 0 Å². The van der Waals surface area contributed by atoms with Crippen LogP contribution < -0.4 is 5.22 Å². The third kappa shape index (κ3) is 3.33. The van der Waals surface area contributed by atoms with Crippen LogP contribution >= 0.6 is 0 Å². The predicted octanol–water partition coefficient (Wildman–Crippen LogP) is 11.1. The maximum atomic E-state index is 2.59. The molecule has 222 valence electrons. The van der Waals surface area contributed by atoms with E-state index in [0.29, 0.717) is 17.8 Å². The summed E-state index contributed by atoms with van der Waals surface area (Å²) in [5.74, 6) is 1.26. The smallest absolute Gasteiger partial charge is 0.0209 e. The molecule has 0 aromatic heterocycles. The highest BCUT2D eigenvalue weighted by Gasteiger charge is 2.51. The van der Waals surface area contributed by atoms with Crippen LogP contribution in [0.3, 0.4) is 0 Å². The summed E-state index contributed by atoms with van der Waals surface area (Å²) >= 11 is 0. The minimum absolute atomic E-state index is 0.277. The summed E-state index contributed by atoms with van der Waals surface area (Å²) in [6.07, 6.45) is 17.4. The molecule has 0 bridgehead atoms. The number of fused-ring (bicyclic) bond motifs is 6. The molecular formula is C47H34. The lowest BCUT2D eigenvalue weighted by Crippen LogP contribution is -2.26. The van der Waals surface area contributed by atoms with Crippen molar-refractivity contribution in [2.24, 2.45) is 11.8 Å². The third-order valence-electron chi connectivity index (χ3n) is 12.1. The van der Waals surface area contributed by atoms with Gasteiger partial charge in [-0.3, -0.25) is 0 Å². The molecule has 0 heteroatoms. The molecule has 0 heterocycles. The topological polar surface area (TPSA) is 0 Å². The van der Waals surface area contributed by atoms with Crippen LogP contribution in [0.2, 0.25) is 0 Å². The second kappa shape index (κ2) is 9.43. The first-order valence-electron chi connectivity index (χ1n) is 17.3. The molecule has 0 aliphatic heterocycles. The number of allylic oxidation sites excluding steroid dienone is 9. The summed E-state index contributed by atoms with van der Waals surface area (Å²) in [5.41, 5.74) is 15.1. The monoisotopic (exact) mass is 598 g/mol. The standard InChI is InChI=1S/C47H34/c1-27-11-2-4-16-30(27)42-35-18-6-7-19-36(35)44(32-20-8-13-28-12-3-5-17-31(28)32)47-40-26-24-38-34-22-10-15-29-14-9-21-33(41(29)34)37-23-25-39(46(42)47)45(40)43(37)38/h2-5,7-17,19-26,36,39,44-45H,6,18H2,1H3. The molecular weight excluding hydrogens is 565 g/mol. The molecule has 6 aromatic rings. The molecule has 0 N–H and O–H groups in total. The fourth-order valence-corrected chi connectivity index (χ4v) is 10.3. The highest BCUT2D eigenvalue weighted by Crippen LogP contribution is 2.65. The van der Waals surface area contributed by atoms with E-state index < -0.39 is 0 Å². The molecule has 0 saturated carbocycles. The van der Waals surface area contributed by atoms with Gasteiger partial charge in [-0.2, -0.15) is 0 Å². The molecule has 0 radical (unpaired) electrons. The van der Waals surface area contributed by atoms with E-state index in [-0.39, 0.29) is 5.92 Å². The van der Waals surface area contributed by atoms with Gasteiger partial charge in [-0.05, 0) is 107 Å². The van der Waals surface area contributed by atoms with Gasteiger partial charge in [0.15, 0.2) is 0 Å². The van der Waals surface area contributed by atoms with Gasteiger partial charge in [-0.25, -0.2) is 0 Å². The Balaban J connectivity index is 1.27. The van der Waals surface area contributed by atoms with Crippen molar-refractivity contribution in [2.45, 2.75) is 31.6 Å².